The monoisotopic (exact) mass is 199 g/mol. The Labute approximate surface area is 85.9 Å². The predicted molar refractivity (Wildman–Crippen MR) is 58.4 cm³/mol. The van der Waals surface area contributed by atoms with Gasteiger partial charge in [-0.05, 0) is 12.8 Å². The van der Waals surface area contributed by atoms with E-state index in [0.29, 0.717) is 25.2 Å². The zero-order chi connectivity index (χ0) is 10.2. The van der Waals surface area contributed by atoms with E-state index in [0.717, 1.165) is 0 Å². The Morgan fingerprint density at radius 2 is 2.14 bits per heavy atom. The molecule has 1 fully saturated rings. The van der Waals surface area contributed by atoms with Crippen molar-refractivity contribution in [3.05, 3.63) is 0 Å². The molecule has 0 aliphatic heterocycles. The third kappa shape index (κ3) is 4.46. The lowest BCUT2D eigenvalue weighted by molar-refractivity contribution is 0.208. The van der Waals surface area contributed by atoms with Crippen LogP contribution in [0.1, 0.15) is 32.1 Å². The van der Waals surface area contributed by atoms with E-state index in [1.54, 1.807) is 7.11 Å². The summed E-state index contributed by atoms with van der Waals surface area (Å²) >= 11 is 0. The summed E-state index contributed by atoms with van der Waals surface area (Å²) in [4.78, 5) is 4.17. The van der Waals surface area contributed by atoms with E-state index in [9.17, 15) is 0 Å². The second kappa shape index (κ2) is 6.65. The van der Waals surface area contributed by atoms with Crippen molar-refractivity contribution in [1.82, 2.24) is 5.32 Å². The Bertz CT molecular complexity index is 176. The first-order valence-electron chi connectivity index (χ1n) is 5.38. The fourth-order valence-electron chi connectivity index (χ4n) is 1.76. The summed E-state index contributed by atoms with van der Waals surface area (Å²) in [7, 11) is 1.67. The number of nitrogens with zero attached hydrogens (tertiary/aromatic N) is 1. The molecule has 1 rings (SSSR count). The maximum Gasteiger partial charge on any atom is 0.188 e. The molecular formula is C10H21N3O. The highest BCUT2D eigenvalue weighted by Crippen LogP contribution is 2.16. The van der Waals surface area contributed by atoms with Crippen LogP contribution < -0.4 is 11.1 Å². The number of methoxy groups -OCH3 is 1. The van der Waals surface area contributed by atoms with Crippen molar-refractivity contribution in [2.24, 2.45) is 10.7 Å². The first kappa shape index (κ1) is 11.3. The van der Waals surface area contributed by atoms with Crippen molar-refractivity contribution in [2.45, 2.75) is 38.1 Å². The minimum Gasteiger partial charge on any atom is -0.383 e. The largest absolute Gasteiger partial charge is 0.383 e. The van der Waals surface area contributed by atoms with E-state index < -0.39 is 0 Å². The number of nitrogens with one attached hydrogen (secondary N) is 1. The lowest BCUT2D eigenvalue weighted by Crippen LogP contribution is -2.41. The van der Waals surface area contributed by atoms with Crippen LogP contribution in [0.15, 0.2) is 4.99 Å². The van der Waals surface area contributed by atoms with Crippen LogP contribution in [0.2, 0.25) is 0 Å². The summed E-state index contributed by atoms with van der Waals surface area (Å²) in [5.74, 6) is 0.564. The summed E-state index contributed by atoms with van der Waals surface area (Å²) in [5, 5.41) is 3.25. The number of ether oxygens (including phenoxy) is 1. The minimum absolute atomic E-state index is 0.537. The average molecular weight is 199 g/mol. The molecule has 0 aromatic heterocycles. The number of aliphatic imine (C=N–C) groups is 1. The van der Waals surface area contributed by atoms with Gasteiger partial charge in [0, 0.05) is 13.2 Å². The topological polar surface area (TPSA) is 59.6 Å². The van der Waals surface area contributed by atoms with Gasteiger partial charge in [0.05, 0.1) is 13.2 Å². The molecular weight excluding hydrogens is 178 g/mol. The van der Waals surface area contributed by atoms with Gasteiger partial charge in [0.25, 0.3) is 0 Å². The molecule has 14 heavy (non-hydrogen) atoms. The van der Waals surface area contributed by atoms with Gasteiger partial charge in [-0.1, -0.05) is 19.3 Å². The molecule has 0 atom stereocenters. The van der Waals surface area contributed by atoms with Gasteiger partial charge in [-0.25, -0.2) is 0 Å². The maximum absolute atomic E-state index is 5.73. The van der Waals surface area contributed by atoms with Gasteiger partial charge in [0.2, 0.25) is 0 Å². The predicted octanol–water partition coefficient (Wildman–Crippen LogP) is 0.870. The van der Waals surface area contributed by atoms with Gasteiger partial charge in [0.15, 0.2) is 5.96 Å². The lowest BCUT2D eigenvalue weighted by Gasteiger charge is -2.23. The number of guanidine groups is 1. The summed E-state index contributed by atoms with van der Waals surface area (Å²) in [6.07, 6.45) is 6.42. The molecule has 0 amide bonds. The number of hydrogen-bond donors (Lipinski definition) is 2. The van der Waals surface area contributed by atoms with Crippen molar-refractivity contribution in [1.29, 1.82) is 0 Å². The van der Waals surface area contributed by atoms with Crippen LogP contribution in [-0.2, 0) is 4.74 Å². The summed E-state index contributed by atoms with van der Waals surface area (Å²) in [6, 6.07) is 0.537. The van der Waals surface area contributed by atoms with E-state index >= 15 is 0 Å². The smallest absolute Gasteiger partial charge is 0.188 e. The molecule has 0 saturated heterocycles. The molecule has 0 aromatic carbocycles. The standard InChI is InChI=1S/C10H21N3O/c1-14-8-7-12-10(11)13-9-5-3-2-4-6-9/h9H,2-8H2,1H3,(H3,11,12,13). The van der Waals surface area contributed by atoms with Crippen molar-refractivity contribution < 1.29 is 4.74 Å². The van der Waals surface area contributed by atoms with E-state index in [1.807, 2.05) is 0 Å². The van der Waals surface area contributed by atoms with Gasteiger partial charge < -0.3 is 15.8 Å². The van der Waals surface area contributed by atoms with Crippen molar-refractivity contribution >= 4 is 5.96 Å². The van der Waals surface area contributed by atoms with Crippen molar-refractivity contribution in [2.75, 3.05) is 20.3 Å². The summed E-state index contributed by atoms with van der Waals surface area (Å²) in [5.41, 5.74) is 5.73. The van der Waals surface area contributed by atoms with Gasteiger partial charge in [0.1, 0.15) is 0 Å². The van der Waals surface area contributed by atoms with Crippen LogP contribution in [0, 0.1) is 0 Å². The number of nitrogens with two attached hydrogens (primary N) is 1. The zero-order valence-corrected chi connectivity index (χ0v) is 8.96. The van der Waals surface area contributed by atoms with Crippen LogP contribution in [0.5, 0.6) is 0 Å². The number of rotatable bonds is 4. The normalized spacial score (nSPS) is 19.6. The van der Waals surface area contributed by atoms with E-state index in [1.165, 1.54) is 32.1 Å². The average Bonchev–Trinajstić information content (AvgIpc) is 2.20. The third-order valence-corrected chi connectivity index (χ3v) is 2.53. The van der Waals surface area contributed by atoms with E-state index in [2.05, 4.69) is 10.3 Å². The lowest BCUT2D eigenvalue weighted by atomic mass is 9.96. The molecule has 0 radical (unpaired) electrons. The van der Waals surface area contributed by atoms with Crippen LogP contribution in [0.4, 0.5) is 0 Å². The van der Waals surface area contributed by atoms with Crippen LogP contribution in [0.3, 0.4) is 0 Å². The summed E-state index contributed by atoms with van der Waals surface area (Å²) < 4.78 is 4.89. The first-order chi connectivity index (χ1) is 6.83. The molecule has 1 saturated carbocycles. The molecule has 0 heterocycles. The molecule has 0 unspecified atom stereocenters. The highest BCUT2D eigenvalue weighted by molar-refractivity contribution is 5.78. The Morgan fingerprint density at radius 1 is 1.43 bits per heavy atom. The zero-order valence-electron chi connectivity index (χ0n) is 8.96. The third-order valence-electron chi connectivity index (χ3n) is 2.53. The Kier molecular flexibility index (Phi) is 5.37. The second-order valence-corrected chi connectivity index (χ2v) is 3.74. The van der Waals surface area contributed by atoms with Crippen molar-refractivity contribution in [3.8, 4) is 0 Å². The Hall–Kier alpha value is -0.770. The quantitative estimate of drug-likeness (QED) is 0.401. The van der Waals surface area contributed by atoms with Crippen LogP contribution in [0.25, 0.3) is 0 Å². The molecule has 0 spiro atoms. The number of hydrogen-bond acceptors (Lipinski definition) is 2. The van der Waals surface area contributed by atoms with E-state index in [4.69, 9.17) is 10.5 Å². The van der Waals surface area contributed by atoms with Gasteiger partial charge >= 0.3 is 0 Å². The van der Waals surface area contributed by atoms with Crippen LogP contribution in [-0.4, -0.2) is 32.3 Å². The highest BCUT2D eigenvalue weighted by Gasteiger charge is 2.12. The van der Waals surface area contributed by atoms with Gasteiger partial charge in [-0.2, -0.15) is 0 Å². The fraction of sp³-hybridized carbons (Fsp3) is 0.900. The minimum atomic E-state index is 0.537. The first-order valence-corrected chi connectivity index (χ1v) is 5.38. The van der Waals surface area contributed by atoms with Gasteiger partial charge in [-0.15, -0.1) is 0 Å². The fourth-order valence-corrected chi connectivity index (χ4v) is 1.76. The van der Waals surface area contributed by atoms with Crippen LogP contribution >= 0.6 is 0 Å². The summed E-state index contributed by atoms with van der Waals surface area (Å²) in [6.45, 7) is 1.27. The SMILES string of the molecule is COCCN=C(N)NC1CCCCC1. The van der Waals surface area contributed by atoms with Gasteiger partial charge in [-0.3, -0.25) is 4.99 Å². The molecule has 4 heteroatoms. The second-order valence-electron chi connectivity index (χ2n) is 3.74. The molecule has 1 aliphatic rings. The molecule has 4 nitrogen and oxygen atoms in total. The van der Waals surface area contributed by atoms with E-state index in [-0.39, 0.29) is 0 Å². The maximum atomic E-state index is 5.73. The molecule has 1 aliphatic carbocycles. The molecule has 0 aromatic rings. The molecule has 0 bridgehead atoms. The molecule has 82 valence electrons. The molecule has 3 N–H and O–H groups in total. The Balaban J connectivity index is 2.17. The Morgan fingerprint density at radius 3 is 2.79 bits per heavy atom. The highest BCUT2D eigenvalue weighted by atomic mass is 16.5. The van der Waals surface area contributed by atoms with Crippen molar-refractivity contribution in [3.63, 3.8) is 0 Å².